The van der Waals surface area contributed by atoms with Gasteiger partial charge in [0.25, 0.3) is 15.9 Å². The van der Waals surface area contributed by atoms with E-state index in [1.807, 2.05) is 0 Å². The van der Waals surface area contributed by atoms with Gasteiger partial charge in [-0.1, -0.05) is 12.1 Å². The van der Waals surface area contributed by atoms with Crippen LogP contribution in [0.1, 0.15) is 49.9 Å². The lowest BCUT2D eigenvalue weighted by molar-refractivity contribution is -0.274. The second-order valence-electron chi connectivity index (χ2n) is 7.29. The zero-order chi connectivity index (χ0) is 22.0. The van der Waals surface area contributed by atoms with Crippen molar-refractivity contribution in [1.29, 1.82) is 0 Å². The molecule has 160 valence electrons. The van der Waals surface area contributed by atoms with Crippen LogP contribution < -0.4 is 14.8 Å². The van der Waals surface area contributed by atoms with Crippen LogP contribution in [0.25, 0.3) is 0 Å². The minimum Gasteiger partial charge on any atom is -0.438 e. The largest absolute Gasteiger partial charge is 0.573 e. The molecule has 2 rings (SSSR count). The van der Waals surface area contributed by atoms with Crippen molar-refractivity contribution in [3.63, 3.8) is 0 Å². The number of ether oxygens (including phenoxy) is 1. The fourth-order valence-corrected chi connectivity index (χ4v) is 3.70. The Hall–Kier alpha value is -2.53. The van der Waals surface area contributed by atoms with E-state index in [2.05, 4.69) is 14.8 Å². The summed E-state index contributed by atoms with van der Waals surface area (Å²) in [6, 6.07) is 6.80. The summed E-state index contributed by atoms with van der Waals surface area (Å²) in [5.41, 5.74) is -0.216. The molecule has 0 bridgehead atoms. The van der Waals surface area contributed by atoms with E-state index in [1.54, 1.807) is 27.7 Å². The number of nitrogens with one attached hydrogen (secondary N) is 2. The van der Waals surface area contributed by atoms with Gasteiger partial charge in [-0.25, -0.2) is 13.1 Å². The maximum atomic E-state index is 12.3. The number of hydrogen-bond donors (Lipinski definition) is 2. The quantitative estimate of drug-likeness (QED) is 0.722. The minimum atomic E-state index is -4.79. The number of benzene rings is 1. The van der Waals surface area contributed by atoms with Crippen LogP contribution in [0.4, 0.5) is 13.2 Å². The lowest BCUT2D eigenvalue weighted by atomic mass is 10.1. The molecule has 0 aliphatic rings. The third kappa shape index (κ3) is 6.79. The predicted molar refractivity (Wildman–Crippen MR) is 97.8 cm³/mol. The monoisotopic (exact) mass is 434 g/mol. The van der Waals surface area contributed by atoms with E-state index in [0.29, 0.717) is 5.56 Å². The van der Waals surface area contributed by atoms with Crippen LogP contribution >= 0.6 is 0 Å². The van der Waals surface area contributed by atoms with Crippen LogP contribution in [0.2, 0.25) is 0 Å². The van der Waals surface area contributed by atoms with E-state index in [0.717, 1.165) is 18.2 Å². The topological polar surface area (TPSA) is 97.6 Å². The first-order chi connectivity index (χ1) is 13.2. The maximum Gasteiger partial charge on any atom is 0.573 e. The second-order valence-corrected chi connectivity index (χ2v) is 8.90. The summed E-state index contributed by atoms with van der Waals surface area (Å²) >= 11 is 0. The van der Waals surface area contributed by atoms with E-state index in [9.17, 15) is 26.4 Å². The van der Waals surface area contributed by atoms with Crippen molar-refractivity contribution in [3.05, 3.63) is 47.7 Å². The van der Waals surface area contributed by atoms with Gasteiger partial charge >= 0.3 is 6.36 Å². The van der Waals surface area contributed by atoms with E-state index in [4.69, 9.17) is 4.42 Å². The molecular formula is C18H21F3N2O5S. The molecule has 1 heterocycles. The lowest BCUT2D eigenvalue weighted by Gasteiger charge is -2.19. The Morgan fingerprint density at radius 1 is 1.07 bits per heavy atom. The highest BCUT2D eigenvalue weighted by atomic mass is 32.2. The molecule has 1 aromatic carbocycles. The van der Waals surface area contributed by atoms with Gasteiger partial charge in [-0.2, -0.15) is 0 Å². The summed E-state index contributed by atoms with van der Waals surface area (Å²) in [7, 11) is -3.93. The fraction of sp³-hybridized carbons (Fsp3) is 0.389. The highest BCUT2D eigenvalue weighted by molar-refractivity contribution is 7.89. The van der Waals surface area contributed by atoms with Gasteiger partial charge in [0.15, 0.2) is 5.76 Å². The summed E-state index contributed by atoms with van der Waals surface area (Å²) in [5.74, 6) is -1.28. The van der Waals surface area contributed by atoms with E-state index in [1.165, 1.54) is 18.2 Å². The summed E-state index contributed by atoms with van der Waals surface area (Å²) in [6.45, 7) is 6.59. The summed E-state index contributed by atoms with van der Waals surface area (Å²) in [6.07, 6.45) is -4.79. The Balaban J connectivity index is 2.06. The maximum absolute atomic E-state index is 12.3. The zero-order valence-electron chi connectivity index (χ0n) is 16.1. The van der Waals surface area contributed by atoms with Crippen molar-refractivity contribution in [2.24, 2.45) is 0 Å². The zero-order valence-corrected chi connectivity index (χ0v) is 16.9. The molecule has 7 nitrogen and oxygen atoms in total. The van der Waals surface area contributed by atoms with E-state index < -0.39 is 39.0 Å². The van der Waals surface area contributed by atoms with Crippen molar-refractivity contribution >= 4 is 15.9 Å². The first-order valence-electron chi connectivity index (χ1n) is 8.47. The molecule has 0 saturated carbocycles. The summed E-state index contributed by atoms with van der Waals surface area (Å²) < 4.78 is 72.4. The van der Waals surface area contributed by atoms with Gasteiger partial charge in [0.05, 0.1) is 6.04 Å². The third-order valence-electron chi connectivity index (χ3n) is 3.47. The van der Waals surface area contributed by atoms with Crippen molar-refractivity contribution in [2.75, 3.05) is 0 Å². The minimum absolute atomic E-state index is 0.219. The molecule has 0 saturated heterocycles. The summed E-state index contributed by atoms with van der Waals surface area (Å²) in [4.78, 5) is 12.3. The van der Waals surface area contributed by atoms with Gasteiger partial charge in [-0.15, -0.1) is 13.2 Å². The number of carbonyl (C=O) groups is 1. The van der Waals surface area contributed by atoms with Crippen LogP contribution in [0.3, 0.4) is 0 Å². The molecule has 0 fully saturated rings. The van der Waals surface area contributed by atoms with Gasteiger partial charge < -0.3 is 14.5 Å². The highest BCUT2D eigenvalue weighted by Gasteiger charge is 2.31. The smallest absolute Gasteiger partial charge is 0.438 e. The Bertz CT molecular complexity index is 961. The average Bonchev–Trinajstić information content (AvgIpc) is 3.02. The molecule has 0 spiro atoms. The molecule has 2 aromatic rings. The Labute approximate surface area is 166 Å². The van der Waals surface area contributed by atoms with Gasteiger partial charge in [-0.05, 0) is 57.5 Å². The van der Waals surface area contributed by atoms with Gasteiger partial charge in [0, 0.05) is 5.54 Å². The van der Waals surface area contributed by atoms with Crippen LogP contribution in [0.5, 0.6) is 5.75 Å². The number of rotatable bonds is 6. The van der Waals surface area contributed by atoms with Crippen molar-refractivity contribution in [1.82, 2.24) is 10.0 Å². The Morgan fingerprint density at radius 3 is 2.17 bits per heavy atom. The molecule has 29 heavy (non-hydrogen) atoms. The molecule has 2 N–H and O–H groups in total. The molecule has 11 heteroatoms. The molecule has 0 aliphatic carbocycles. The van der Waals surface area contributed by atoms with Crippen LogP contribution in [-0.4, -0.2) is 26.2 Å². The number of furan rings is 1. The van der Waals surface area contributed by atoms with Crippen LogP contribution in [-0.2, 0) is 10.0 Å². The number of sulfonamides is 1. The average molecular weight is 434 g/mol. The molecule has 0 radical (unpaired) electrons. The van der Waals surface area contributed by atoms with Crippen molar-refractivity contribution < 1.29 is 35.5 Å². The first-order valence-corrected chi connectivity index (χ1v) is 9.95. The van der Waals surface area contributed by atoms with Gasteiger partial charge in [-0.3, -0.25) is 4.79 Å². The first kappa shape index (κ1) is 22.8. The molecule has 1 aromatic heterocycles. The summed E-state index contributed by atoms with van der Waals surface area (Å²) in [5, 5.41) is 2.18. The SMILES string of the molecule is CC(NC(=O)c1ccc(S(=O)(=O)NC(C)(C)C)o1)c1ccc(OC(F)(F)F)cc1. The Kier molecular flexibility index (Phi) is 6.33. The standard InChI is InChI=1S/C18H21F3N2O5S/c1-11(12-5-7-13(8-6-12)28-18(19,20)21)22-16(24)14-9-10-15(27-14)29(25,26)23-17(2,3)4/h5-11,23H,1-4H3,(H,22,24). The number of carbonyl (C=O) groups excluding carboxylic acids is 1. The number of alkyl halides is 3. The van der Waals surface area contributed by atoms with Gasteiger partial charge in [0.2, 0.25) is 5.09 Å². The second kappa shape index (κ2) is 8.07. The Morgan fingerprint density at radius 2 is 1.66 bits per heavy atom. The normalized spacial score (nSPS) is 13.8. The molecule has 1 unspecified atom stereocenters. The molecule has 1 amide bonds. The van der Waals surface area contributed by atoms with Crippen molar-refractivity contribution in [2.45, 2.75) is 50.7 Å². The fourth-order valence-electron chi connectivity index (χ4n) is 2.35. The number of halogens is 3. The number of amides is 1. The van der Waals surface area contributed by atoms with E-state index >= 15 is 0 Å². The lowest BCUT2D eigenvalue weighted by Crippen LogP contribution is -2.40. The van der Waals surface area contributed by atoms with E-state index in [-0.39, 0.29) is 11.5 Å². The molecular weight excluding hydrogens is 413 g/mol. The van der Waals surface area contributed by atoms with Crippen molar-refractivity contribution in [3.8, 4) is 5.75 Å². The molecule has 0 aliphatic heterocycles. The highest BCUT2D eigenvalue weighted by Crippen LogP contribution is 2.24. The van der Waals surface area contributed by atoms with Gasteiger partial charge in [0.1, 0.15) is 5.75 Å². The number of hydrogen-bond acceptors (Lipinski definition) is 5. The predicted octanol–water partition coefficient (Wildman–Crippen LogP) is 3.75. The third-order valence-corrected chi connectivity index (χ3v) is 5.10. The van der Waals surface area contributed by atoms with Crippen LogP contribution in [0.15, 0.2) is 45.9 Å². The molecule has 1 atom stereocenters. The van der Waals surface area contributed by atoms with Crippen LogP contribution in [0, 0.1) is 0 Å².